The van der Waals surface area contributed by atoms with Crippen molar-refractivity contribution >= 4 is 5.69 Å². The highest BCUT2D eigenvalue weighted by molar-refractivity contribution is 5.87. The predicted molar refractivity (Wildman–Crippen MR) is 61.3 cm³/mol. The van der Waals surface area contributed by atoms with Gasteiger partial charge in [0.15, 0.2) is 11.5 Å². The van der Waals surface area contributed by atoms with Crippen LogP contribution in [0.3, 0.4) is 0 Å². The molecule has 16 heavy (non-hydrogen) atoms. The maximum absolute atomic E-state index is 9.72. The summed E-state index contributed by atoms with van der Waals surface area (Å²) in [6.45, 7) is 0. The van der Waals surface area contributed by atoms with Gasteiger partial charge in [-0.25, -0.2) is 0 Å². The third kappa shape index (κ3) is 1.50. The Bertz CT molecular complexity index is 497. The summed E-state index contributed by atoms with van der Waals surface area (Å²) in [5.74, 6) is -0.985. The monoisotopic (exact) mass is 217 g/mol. The fraction of sp³-hybridized carbons (Fsp3) is 0. The Morgan fingerprint density at radius 2 is 1.50 bits per heavy atom. The largest absolute Gasteiger partial charge is 0.506 e. The van der Waals surface area contributed by atoms with E-state index in [-0.39, 0.29) is 22.7 Å². The first kappa shape index (κ1) is 10.2. The van der Waals surface area contributed by atoms with Gasteiger partial charge in [-0.15, -0.1) is 0 Å². The van der Waals surface area contributed by atoms with Gasteiger partial charge in [-0.1, -0.05) is 30.3 Å². The fourth-order valence-electron chi connectivity index (χ4n) is 1.56. The topological polar surface area (TPSA) is 86.7 Å². The number of nitrogen functional groups attached to an aromatic ring is 1. The lowest BCUT2D eigenvalue weighted by Crippen LogP contribution is -1.91. The number of nitrogens with two attached hydrogens (primary N) is 1. The second kappa shape index (κ2) is 3.66. The summed E-state index contributed by atoms with van der Waals surface area (Å²) in [5.41, 5.74) is 6.57. The van der Waals surface area contributed by atoms with Crippen molar-refractivity contribution in [3.05, 3.63) is 36.4 Å². The van der Waals surface area contributed by atoms with Crippen LogP contribution in [0.2, 0.25) is 0 Å². The van der Waals surface area contributed by atoms with Crippen LogP contribution in [0, 0.1) is 0 Å². The molecule has 0 bridgehead atoms. The zero-order chi connectivity index (χ0) is 11.7. The molecule has 2 aromatic carbocycles. The molecule has 0 aliphatic rings. The lowest BCUT2D eigenvalue weighted by Gasteiger charge is -2.11. The average Bonchev–Trinajstić information content (AvgIpc) is 2.28. The van der Waals surface area contributed by atoms with Gasteiger partial charge in [0.25, 0.3) is 0 Å². The van der Waals surface area contributed by atoms with Gasteiger partial charge in [-0.2, -0.15) is 0 Å². The third-order valence-electron chi connectivity index (χ3n) is 2.36. The van der Waals surface area contributed by atoms with Crippen molar-refractivity contribution in [2.75, 3.05) is 5.73 Å². The molecule has 0 aromatic heterocycles. The first-order chi connectivity index (χ1) is 7.61. The van der Waals surface area contributed by atoms with Crippen molar-refractivity contribution in [2.45, 2.75) is 0 Å². The summed E-state index contributed by atoms with van der Waals surface area (Å²) in [6.07, 6.45) is 0. The first-order valence-corrected chi connectivity index (χ1v) is 4.70. The van der Waals surface area contributed by atoms with Crippen molar-refractivity contribution in [3.8, 4) is 28.4 Å². The van der Waals surface area contributed by atoms with Crippen LogP contribution >= 0.6 is 0 Å². The molecule has 0 atom stereocenters. The van der Waals surface area contributed by atoms with E-state index in [9.17, 15) is 15.3 Å². The molecule has 82 valence electrons. The first-order valence-electron chi connectivity index (χ1n) is 4.70. The number of hydrogen-bond donors (Lipinski definition) is 4. The molecule has 0 saturated carbocycles. The van der Waals surface area contributed by atoms with Crippen molar-refractivity contribution in [2.24, 2.45) is 0 Å². The maximum atomic E-state index is 9.72. The average molecular weight is 217 g/mol. The summed E-state index contributed by atoms with van der Waals surface area (Å²) in [6, 6.07) is 9.83. The number of phenols is 3. The smallest absolute Gasteiger partial charge is 0.167 e. The maximum Gasteiger partial charge on any atom is 0.167 e. The molecular weight excluding hydrogens is 206 g/mol. The lowest BCUT2D eigenvalue weighted by atomic mass is 10.0. The minimum Gasteiger partial charge on any atom is -0.506 e. The van der Waals surface area contributed by atoms with Gasteiger partial charge in [0.05, 0.1) is 11.3 Å². The summed E-state index contributed by atoms with van der Waals surface area (Å²) < 4.78 is 0. The Morgan fingerprint density at radius 3 is 2.12 bits per heavy atom. The summed E-state index contributed by atoms with van der Waals surface area (Å²) >= 11 is 0. The normalized spacial score (nSPS) is 10.2. The SMILES string of the molecule is Nc1c(O)cc(O)c(O)c1-c1ccccc1. The molecule has 2 aromatic rings. The minimum absolute atomic E-state index is 0.0431. The molecule has 0 radical (unpaired) electrons. The Balaban J connectivity index is 2.74. The van der Waals surface area contributed by atoms with E-state index in [0.717, 1.165) is 6.07 Å². The van der Waals surface area contributed by atoms with E-state index in [0.29, 0.717) is 5.56 Å². The van der Waals surface area contributed by atoms with Crippen LogP contribution in [0.5, 0.6) is 17.2 Å². The Morgan fingerprint density at radius 1 is 0.875 bits per heavy atom. The van der Waals surface area contributed by atoms with Crippen LogP contribution in [-0.4, -0.2) is 15.3 Å². The molecule has 0 aliphatic heterocycles. The van der Waals surface area contributed by atoms with Crippen molar-refractivity contribution < 1.29 is 15.3 Å². The number of hydrogen-bond acceptors (Lipinski definition) is 4. The molecule has 0 saturated heterocycles. The highest BCUT2D eigenvalue weighted by Gasteiger charge is 2.16. The van der Waals surface area contributed by atoms with E-state index >= 15 is 0 Å². The minimum atomic E-state index is -0.398. The van der Waals surface area contributed by atoms with E-state index in [1.165, 1.54) is 0 Å². The zero-order valence-corrected chi connectivity index (χ0v) is 8.38. The standard InChI is InChI=1S/C12H11NO3/c13-11-8(14)6-9(15)12(16)10(11)7-4-2-1-3-5-7/h1-6,14-16H,13H2. The fourth-order valence-corrected chi connectivity index (χ4v) is 1.56. The molecule has 5 N–H and O–H groups in total. The summed E-state index contributed by atoms with van der Waals surface area (Å²) in [7, 11) is 0. The van der Waals surface area contributed by atoms with Crippen LogP contribution in [0.4, 0.5) is 5.69 Å². The van der Waals surface area contributed by atoms with Crippen molar-refractivity contribution in [1.82, 2.24) is 0 Å². The quantitative estimate of drug-likeness (QED) is 0.334. The molecule has 0 amide bonds. The molecule has 2 rings (SSSR count). The van der Waals surface area contributed by atoms with Crippen LogP contribution < -0.4 is 5.73 Å². The van der Waals surface area contributed by atoms with Gasteiger partial charge in [-0.3, -0.25) is 0 Å². The second-order valence-electron chi connectivity index (χ2n) is 3.42. The third-order valence-corrected chi connectivity index (χ3v) is 2.36. The van der Waals surface area contributed by atoms with Crippen LogP contribution in [0.1, 0.15) is 0 Å². The zero-order valence-electron chi connectivity index (χ0n) is 8.38. The van der Waals surface area contributed by atoms with Crippen LogP contribution in [0.15, 0.2) is 36.4 Å². The lowest BCUT2D eigenvalue weighted by molar-refractivity contribution is 0.399. The van der Waals surface area contributed by atoms with Crippen molar-refractivity contribution in [3.63, 3.8) is 0 Å². The molecule has 0 heterocycles. The van der Waals surface area contributed by atoms with E-state index < -0.39 is 5.75 Å². The van der Waals surface area contributed by atoms with Gasteiger partial charge in [-0.05, 0) is 5.56 Å². The molecule has 0 unspecified atom stereocenters. The molecule has 4 nitrogen and oxygen atoms in total. The van der Waals surface area contributed by atoms with E-state index in [4.69, 9.17) is 5.73 Å². The highest BCUT2D eigenvalue weighted by atomic mass is 16.3. The number of aromatic hydroxyl groups is 3. The van der Waals surface area contributed by atoms with Gasteiger partial charge < -0.3 is 21.1 Å². The van der Waals surface area contributed by atoms with Gasteiger partial charge >= 0.3 is 0 Å². The number of benzene rings is 2. The van der Waals surface area contributed by atoms with Crippen molar-refractivity contribution in [1.29, 1.82) is 0 Å². The van der Waals surface area contributed by atoms with E-state index in [1.54, 1.807) is 24.3 Å². The summed E-state index contributed by atoms with van der Waals surface area (Å²) in [4.78, 5) is 0. The Kier molecular flexibility index (Phi) is 2.32. The Hall–Kier alpha value is -2.36. The molecule has 0 aliphatic carbocycles. The number of phenolic OH excluding ortho intramolecular Hbond substituents is 3. The molecule has 0 spiro atoms. The van der Waals surface area contributed by atoms with E-state index in [1.807, 2.05) is 6.07 Å². The molecular formula is C12H11NO3. The second-order valence-corrected chi connectivity index (χ2v) is 3.42. The van der Waals surface area contributed by atoms with Crippen LogP contribution in [0.25, 0.3) is 11.1 Å². The van der Waals surface area contributed by atoms with Gasteiger partial charge in [0, 0.05) is 6.07 Å². The van der Waals surface area contributed by atoms with Gasteiger partial charge in [0.1, 0.15) is 5.75 Å². The predicted octanol–water partition coefficient (Wildman–Crippen LogP) is 2.05. The molecule has 0 fully saturated rings. The summed E-state index contributed by atoms with van der Waals surface area (Å²) in [5, 5.41) is 28.6. The Labute approximate surface area is 92.2 Å². The number of rotatable bonds is 1. The van der Waals surface area contributed by atoms with Crippen LogP contribution in [-0.2, 0) is 0 Å². The van der Waals surface area contributed by atoms with Gasteiger partial charge in [0.2, 0.25) is 0 Å². The van der Waals surface area contributed by atoms with E-state index in [2.05, 4.69) is 0 Å². The molecule has 4 heteroatoms. The number of anilines is 1. The highest BCUT2D eigenvalue weighted by Crippen LogP contribution is 2.45.